The van der Waals surface area contributed by atoms with Gasteiger partial charge in [-0.15, -0.1) is 0 Å². The first-order chi connectivity index (χ1) is 16.7. The first kappa shape index (κ1) is 21.8. The van der Waals surface area contributed by atoms with E-state index in [-0.39, 0.29) is 0 Å². The van der Waals surface area contributed by atoms with Crippen LogP contribution in [0.25, 0.3) is 10.9 Å². The number of nitrogens with one attached hydrogen (secondary N) is 2. The zero-order valence-electron chi connectivity index (χ0n) is 19.3. The van der Waals surface area contributed by atoms with Crippen LogP contribution in [-0.2, 0) is 13.0 Å². The minimum Gasteiger partial charge on any atom is -0.457 e. The van der Waals surface area contributed by atoms with Crippen LogP contribution in [0.3, 0.4) is 0 Å². The Hall–Kier alpha value is -4.02. The van der Waals surface area contributed by atoms with Gasteiger partial charge in [0.2, 0.25) is 0 Å². The van der Waals surface area contributed by atoms with Crippen molar-refractivity contribution in [1.29, 1.82) is 0 Å². The second-order valence-corrected chi connectivity index (χ2v) is 8.38. The summed E-state index contributed by atoms with van der Waals surface area (Å²) in [6.07, 6.45) is 3.02. The van der Waals surface area contributed by atoms with Gasteiger partial charge in [-0.25, -0.2) is 0 Å². The molecule has 0 amide bonds. The van der Waals surface area contributed by atoms with Crippen molar-refractivity contribution in [2.45, 2.75) is 19.9 Å². The lowest BCUT2D eigenvalue weighted by Gasteiger charge is -2.10. The van der Waals surface area contributed by atoms with Crippen LogP contribution in [0, 0.1) is 6.92 Å². The van der Waals surface area contributed by atoms with Crippen molar-refractivity contribution >= 4 is 10.9 Å². The molecule has 0 radical (unpaired) electrons. The van der Waals surface area contributed by atoms with Gasteiger partial charge in [0.15, 0.2) is 0 Å². The van der Waals surface area contributed by atoms with Crippen LogP contribution in [0.1, 0.15) is 16.7 Å². The second kappa shape index (κ2) is 10.3. The number of aromatic amines is 1. The highest BCUT2D eigenvalue weighted by molar-refractivity contribution is 5.84. The smallest absolute Gasteiger partial charge is 0.130 e. The van der Waals surface area contributed by atoms with Gasteiger partial charge in [-0.1, -0.05) is 48.5 Å². The Morgan fingerprint density at radius 2 is 1.53 bits per heavy atom. The van der Waals surface area contributed by atoms with Crippen molar-refractivity contribution in [2.75, 3.05) is 6.54 Å². The molecule has 4 heteroatoms. The average molecular weight is 449 g/mol. The molecule has 0 aliphatic carbocycles. The Morgan fingerprint density at radius 1 is 0.735 bits per heavy atom. The molecule has 0 atom stereocenters. The fourth-order valence-electron chi connectivity index (χ4n) is 4.03. The van der Waals surface area contributed by atoms with E-state index in [1.807, 2.05) is 66.7 Å². The zero-order chi connectivity index (χ0) is 23.2. The van der Waals surface area contributed by atoms with Crippen LogP contribution in [-0.4, -0.2) is 11.5 Å². The van der Waals surface area contributed by atoms with Crippen molar-refractivity contribution < 1.29 is 9.47 Å². The summed E-state index contributed by atoms with van der Waals surface area (Å²) in [4.78, 5) is 3.38. The lowest BCUT2D eigenvalue weighted by Crippen LogP contribution is -2.16. The molecule has 0 saturated carbocycles. The Morgan fingerprint density at radius 3 is 2.41 bits per heavy atom. The number of aromatic nitrogens is 1. The monoisotopic (exact) mass is 448 g/mol. The van der Waals surface area contributed by atoms with Gasteiger partial charge in [-0.05, 0) is 85.1 Å². The first-order valence-corrected chi connectivity index (χ1v) is 11.6. The average Bonchev–Trinajstić information content (AvgIpc) is 3.26. The lowest BCUT2D eigenvalue weighted by molar-refractivity contribution is 0.479. The third-order valence-corrected chi connectivity index (χ3v) is 5.84. The minimum absolute atomic E-state index is 0.788. The molecule has 0 unspecified atom stereocenters. The topological polar surface area (TPSA) is 46.3 Å². The third-order valence-electron chi connectivity index (χ3n) is 5.84. The van der Waals surface area contributed by atoms with Gasteiger partial charge in [0, 0.05) is 23.6 Å². The first-order valence-electron chi connectivity index (χ1n) is 11.6. The van der Waals surface area contributed by atoms with Crippen LogP contribution in [0.5, 0.6) is 23.0 Å². The van der Waals surface area contributed by atoms with Gasteiger partial charge >= 0.3 is 0 Å². The van der Waals surface area contributed by atoms with Gasteiger partial charge in [-0.2, -0.15) is 0 Å². The van der Waals surface area contributed by atoms with E-state index < -0.39 is 0 Å². The highest BCUT2D eigenvalue weighted by atomic mass is 16.5. The van der Waals surface area contributed by atoms with E-state index in [1.165, 1.54) is 16.5 Å². The van der Waals surface area contributed by atoms with Crippen LogP contribution in [0.15, 0.2) is 103 Å². The van der Waals surface area contributed by atoms with Gasteiger partial charge < -0.3 is 19.8 Å². The number of benzene rings is 4. The number of H-pyrrole nitrogens is 1. The molecule has 4 nitrogen and oxygen atoms in total. The molecule has 0 aliphatic rings. The summed E-state index contributed by atoms with van der Waals surface area (Å²) >= 11 is 0. The Kier molecular flexibility index (Phi) is 6.59. The third kappa shape index (κ3) is 5.30. The fraction of sp³-hybridized carbons (Fsp3) is 0.133. The van der Waals surface area contributed by atoms with Crippen molar-refractivity contribution in [1.82, 2.24) is 10.3 Å². The number of rotatable bonds is 9. The summed E-state index contributed by atoms with van der Waals surface area (Å²) in [6.45, 7) is 3.72. The normalized spacial score (nSPS) is 11.0. The molecule has 170 valence electrons. The number of fused-ring (bicyclic) bond motifs is 1. The standard InChI is InChI=1S/C30H28N2O2/c1-22-8-5-6-13-30(22)34-27-14-15-29-28(19-27)24(21-32-29)16-17-31-20-23-9-7-12-26(18-23)33-25-10-3-2-4-11-25/h2-15,18-19,21,31-32H,16-17,20H2,1H3. The number of hydrogen-bond acceptors (Lipinski definition) is 3. The van der Waals surface area contributed by atoms with Crippen LogP contribution >= 0.6 is 0 Å². The molecule has 34 heavy (non-hydrogen) atoms. The molecular weight excluding hydrogens is 420 g/mol. The summed E-state index contributed by atoms with van der Waals surface area (Å²) in [5.74, 6) is 3.44. The van der Waals surface area contributed by atoms with E-state index in [2.05, 4.69) is 53.8 Å². The van der Waals surface area contributed by atoms with E-state index >= 15 is 0 Å². The van der Waals surface area contributed by atoms with Gasteiger partial charge in [0.1, 0.15) is 23.0 Å². The van der Waals surface area contributed by atoms with Crippen molar-refractivity contribution in [3.05, 3.63) is 120 Å². The van der Waals surface area contributed by atoms with Crippen molar-refractivity contribution in [3.63, 3.8) is 0 Å². The van der Waals surface area contributed by atoms with Crippen LogP contribution in [0.4, 0.5) is 0 Å². The molecule has 5 aromatic rings. The van der Waals surface area contributed by atoms with Crippen molar-refractivity contribution in [3.8, 4) is 23.0 Å². The molecule has 0 saturated heterocycles. The number of aryl methyl sites for hydroxylation is 1. The fourth-order valence-corrected chi connectivity index (χ4v) is 4.03. The maximum atomic E-state index is 6.14. The van der Waals surface area contributed by atoms with E-state index in [0.29, 0.717) is 0 Å². The van der Waals surface area contributed by atoms with Crippen LogP contribution < -0.4 is 14.8 Å². The van der Waals surface area contributed by atoms with Gasteiger partial charge in [0.05, 0.1) is 0 Å². The molecule has 0 bridgehead atoms. The minimum atomic E-state index is 0.788. The number of para-hydroxylation sites is 2. The summed E-state index contributed by atoms with van der Waals surface area (Å²) in [6, 6.07) is 32.4. The molecule has 5 rings (SSSR count). The summed E-state index contributed by atoms with van der Waals surface area (Å²) in [5.41, 5.74) is 4.72. The number of hydrogen-bond donors (Lipinski definition) is 2. The molecule has 2 N–H and O–H groups in total. The van der Waals surface area contributed by atoms with Gasteiger partial charge in [0.25, 0.3) is 0 Å². The Balaban J connectivity index is 1.19. The molecule has 1 heterocycles. The Bertz CT molecular complexity index is 1380. The summed E-state index contributed by atoms with van der Waals surface area (Å²) in [7, 11) is 0. The quantitative estimate of drug-likeness (QED) is 0.231. The highest BCUT2D eigenvalue weighted by Crippen LogP contribution is 2.29. The maximum absolute atomic E-state index is 6.14. The van der Waals surface area contributed by atoms with E-state index in [9.17, 15) is 0 Å². The molecule has 0 spiro atoms. The molecule has 0 fully saturated rings. The molecule has 4 aromatic carbocycles. The summed E-state index contributed by atoms with van der Waals surface area (Å²) in [5, 5.41) is 4.76. The Labute approximate surface area is 200 Å². The zero-order valence-corrected chi connectivity index (χ0v) is 19.3. The summed E-state index contributed by atoms with van der Waals surface area (Å²) < 4.78 is 12.1. The number of ether oxygens (including phenoxy) is 2. The van der Waals surface area contributed by atoms with Gasteiger partial charge in [-0.3, -0.25) is 0 Å². The van der Waals surface area contributed by atoms with E-state index in [1.54, 1.807) is 0 Å². The maximum Gasteiger partial charge on any atom is 0.130 e. The second-order valence-electron chi connectivity index (χ2n) is 8.38. The predicted molar refractivity (Wildman–Crippen MR) is 138 cm³/mol. The highest BCUT2D eigenvalue weighted by Gasteiger charge is 2.07. The SMILES string of the molecule is Cc1ccccc1Oc1ccc2[nH]cc(CCNCc3cccc(Oc4ccccc4)c3)c2c1. The van der Waals surface area contributed by atoms with E-state index in [0.717, 1.165) is 53.6 Å². The van der Waals surface area contributed by atoms with Crippen LogP contribution in [0.2, 0.25) is 0 Å². The van der Waals surface area contributed by atoms with Crippen molar-refractivity contribution in [2.24, 2.45) is 0 Å². The molecule has 1 aromatic heterocycles. The lowest BCUT2D eigenvalue weighted by atomic mass is 10.1. The van der Waals surface area contributed by atoms with E-state index in [4.69, 9.17) is 9.47 Å². The predicted octanol–water partition coefficient (Wildman–Crippen LogP) is 7.39. The molecule has 0 aliphatic heterocycles. The largest absolute Gasteiger partial charge is 0.457 e. The molecular formula is C30H28N2O2.